The van der Waals surface area contributed by atoms with Crippen LogP contribution in [0.5, 0.6) is 0 Å². The largest absolute Gasteiger partial charge is 0.468 e. The molecule has 0 aliphatic rings. The molecule has 0 bridgehead atoms. The van der Waals surface area contributed by atoms with Gasteiger partial charge in [-0.25, -0.2) is 4.79 Å². The Morgan fingerprint density at radius 1 is 1.18 bits per heavy atom. The number of carbonyl (C=O) groups excluding carboxylic acids is 2. The second kappa shape index (κ2) is 13.9. The van der Waals surface area contributed by atoms with Gasteiger partial charge in [-0.1, -0.05) is 11.8 Å². The molecular weight excluding hydrogens is 451 g/mol. The zero-order valence-corrected chi connectivity index (χ0v) is 21.0. The smallest absolute Gasteiger partial charge is 0.348 e. The third-order valence-electron chi connectivity index (χ3n) is 4.72. The normalized spacial score (nSPS) is 11.1. The van der Waals surface area contributed by atoms with Crippen molar-refractivity contribution in [1.82, 2.24) is 19.4 Å². The van der Waals surface area contributed by atoms with Crippen LogP contribution in [0.25, 0.3) is 0 Å². The van der Waals surface area contributed by atoms with Gasteiger partial charge in [0.1, 0.15) is 13.1 Å². The van der Waals surface area contributed by atoms with E-state index in [0.717, 1.165) is 0 Å². The molecule has 11 nitrogen and oxygen atoms in total. The zero-order valence-electron chi connectivity index (χ0n) is 20.1. The van der Waals surface area contributed by atoms with Crippen LogP contribution in [0.15, 0.2) is 11.0 Å². The van der Waals surface area contributed by atoms with Crippen LogP contribution < -0.4 is 5.69 Å². The number of aromatic nitrogens is 2. The van der Waals surface area contributed by atoms with E-state index in [0.29, 0.717) is 37.2 Å². The van der Waals surface area contributed by atoms with Gasteiger partial charge < -0.3 is 23.6 Å². The van der Waals surface area contributed by atoms with Crippen LogP contribution in [0.3, 0.4) is 0 Å². The minimum Gasteiger partial charge on any atom is -0.468 e. The van der Waals surface area contributed by atoms with E-state index in [1.165, 1.54) is 37.0 Å². The number of esters is 1. The van der Waals surface area contributed by atoms with Crippen molar-refractivity contribution >= 4 is 19.5 Å². The first kappa shape index (κ1) is 28.5. The second-order valence-corrected chi connectivity index (χ2v) is 9.85. The highest BCUT2D eigenvalue weighted by molar-refractivity contribution is 7.53. The van der Waals surface area contributed by atoms with Gasteiger partial charge in [-0.2, -0.15) is 4.98 Å². The van der Waals surface area contributed by atoms with Crippen LogP contribution in [0.2, 0.25) is 0 Å². The number of ether oxygens (including phenoxy) is 1. The van der Waals surface area contributed by atoms with Gasteiger partial charge in [0, 0.05) is 39.9 Å². The standard InChI is InChI=1S/C21H33N4O7P/c1-17-18(10-8-7-9-13-33(29,31-5)32-6)14-25(21(28)22-17)15-19(26)24(12-11-23(2)3)16-20(27)30-4/h14H,7,9,11-13,15-16H2,1-6H3. The first-order chi connectivity index (χ1) is 15.5. The Balaban J connectivity index is 2.94. The molecule has 0 fully saturated rings. The van der Waals surface area contributed by atoms with E-state index >= 15 is 0 Å². The molecule has 0 N–H and O–H groups in total. The second-order valence-electron chi connectivity index (χ2n) is 7.45. The highest BCUT2D eigenvalue weighted by atomic mass is 31.2. The lowest BCUT2D eigenvalue weighted by Gasteiger charge is -2.23. The Bertz CT molecular complexity index is 973. The summed E-state index contributed by atoms with van der Waals surface area (Å²) in [5.74, 6) is 4.93. The Hall–Kier alpha value is -2.51. The molecule has 33 heavy (non-hydrogen) atoms. The van der Waals surface area contributed by atoms with Crippen molar-refractivity contribution in [2.24, 2.45) is 0 Å². The predicted octanol–water partition coefficient (Wildman–Crippen LogP) is 0.733. The summed E-state index contributed by atoms with van der Waals surface area (Å²) in [5, 5.41) is 0. The van der Waals surface area contributed by atoms with Gasteiger partial charge in [0.2, 0.25) is 5.91 Å². The lowest BCUT2D eigenvalue weighted by atomic mass is 10.2. The number of methoxy groups -OCH3 is 1. The van der Waals surface area contributed by atoms with Crippen molar-refractivity contribution in [3.63, 3.8) is 0 Å². The lowest BCUT2D eigenvalue weighted by molar-refractivity contribution is -0.147. The molecule has 0 aromatic carbocycles. The Kier molecular flexibility index (Phi) is 12.0. The van der Waals surface area contributed by atoms with E-state index in [4.69, 9.17) is 9.05 Å². The van der Waals surface area contributed by atoms with Crippen LogP contribution in [-0.2, 0) is 34.5 Å². The van der Waals surface area contributed by atoms with Gasteiger partial charge in [0.05, 0.1) is 24.5 Å². The number of aryl methyl sites for hydroxylation is 1. The van der Waals surface area contributed by atoms with E-state index in [9.17, 15) is 18.9 Å². The summed E-state index contributed by atoms with van der Waals surface area (Å²) in [5.41, 5.74) is 0.352. The van der Waals surface area contributed by atoms with Crippen molar-refractivity contribution in [2.45, 2.75) is 26.3 Å². The molecule has 0 saturated carbocycles. The van der Waals surface area contributed by atoms with Gasteiger partial charge in [0.15, 0.2) is 0 Å². The summed E-state index contributed by atoms with van der Waals surface area (Å²) in [7, 11) is 4.55. The molecule has 184 valence electrons. The molecule has 0 spiro atoms. The Morgan fingerprint density at radius 3 is 2.42 bits per heavy atom. The highest BCUT2D eigenvalue weighted by Gasteiger charge is 2.20. The third kappa shape index (κ3) is 9.88. The summed E-state index contributed by atoms with van der Waals surface area (Å²) < 4.78 is 27.7. The van der Waals surface area contributed by atoms with Gasteiger partial charge in [-0.05, 0) is 27.4 Å². The molecule has 0 aliphatic heterocycles. The molecule has 1 aromatic heterocycles. The average Bonchev–Trinajstić information content (AvgIpc) is 2.78. The van der Waals surface area contributed by atoms with E-state index < -0.39 is 25.2 Å². The fraction of sp³-hybridized carbons (Fsp3) is 0.619. The fourth-order valence-electron chi connectivity index (χ4n) is 2.66. The number of hydrogen-bond acceptors (Lipinski definition) is 9. The van der Waals surface area contributed by atoms with Gasteiger partial charge in [-0.15, -0.1) is 0 Å². The summed E-state index contributed by atoms with van der Waals surface area (Å²) in [6, 6.07) is 0. The van der Waals surface area contributed by atoms with Crippen molar-refractivity contribution in [3.05, 3.63) is 27.9 Å². The fourth-order valence-corrected chi connectivity index (χ4v) is 3.72. The maximum atomic E-state index is 12.8. The van der Waals surface area contributed by atoms with Crippen LogP contribution in [0, 0.1) is 18.8 Å². The number of likely N-dealkylation sites (N-methyl/N-ethyl adjacent to an activating group) is 1. The van der Waals surface area contributed by atoms with E-state index in [2.05, 4.69) is 21.6 Å². The number of rotatable bonds is 12. The van der Waals surface area contributed by atoms with Crippen molar-refractivity contribution in [2.75, 3.05) is 61.2 Å². The van der Waals surface area contributed by atoms with Crippen molar-refractivity contribution < 1.29 is 27.9 Å². The van der Waals surface area contributed by atoms with E-state index in [1.54, 1.807) is 6.92 Å². The van der Waals surface area contributed by atoms with Gasteiger partial charge in [-0.3, -0.25) is 18.7 Å². The predicted molar refractivity (Wildman–Crippen MR) is 123 cm³/mol. The average molecular weight is 484 g/mol. The number of nitrogens with zero attached hydrogens (tertiary/aromatic N) is 4. The summed E-state index contributed by atoms with van der Waals surface area (Å²) >= 11 is 0. The number of carbonyl (C=O) groups is 2. The summed E-state index contributed by atoms with van der Waals surface area (Å²) in [6.07, 6.45) is 2.66. The highest BCUT2D eigenvalue weighted by Crippen LogP contribution is 2.46. The molecular formula is C21H33N4O7P. The minimum absolute atomic E-state index is 0.212. The maximum Gasteiger partial charge on any atom is 0.348 e. The topological polar surface area (TPSA) is 120 Å². The number of hydrogen-bond donors (Lipinski definition) is 0. The summed E-state index contributed by atoms with van der Waals surface area (Å²) in [6.45, 7) is 2.00. The van der Waals surface area contributed by atoms with Gasteiger partial charge in [0.25, 0.3) is 0 Å². The minimum atomic E-state index is -3.07. The van der Waals surface area contributed by atoms with Crippen molar-refractivity contribution in [3.8, 4) is 11.8 Å². The van der Waals surface area contributed by atoms with E-state index in [-0.39, 0.29) is 19.3 Å². The zero-order chi connectivity index (χ0) is 25.0. The Morgan fingerprint density at radius 2 is 1.85 bits per heavy atom. The molecule has 1 aromatic rings. The molecule has 12 heteroatoms. The molecule has 0 aliphatic carbocycles. The third-order valence-corrected chi connectivity index (χ3v) is 6.70. The van der Waals surface area contributed by atoms with Crippen LogP contribution in [0.4, 0.5) is 0 Å². The van der Waals surface area contributed by atoms with E-state index in [1.807, 2.05) is 19.0 Å². The quantitative estimate of drug-likeness (QED) is 0.183. The van der Waals surface area contributed by atoms with Gasteiger partial charge >= 0.3 is 19.3 Å². The molecule has 1 amide bonds. The van der Waals surface area contributed by atoms with Crippen LogP contribution in [0.1, 0.15) is 24.1 Å². The molecule has 0 radical (unpaired) electrons. The monoisotopic (exact) mass is 484 g/mol. The lowest BCUT2D eigenvalue weighted by Crippen LogP contribution is -2.43. The number of amides is 1. The SMILES string of the molecule is COC(=O)CN(CCN(C)C)C(=O)Cn1cc(C#CCCCP(=O)(OC)OC)c(C)nc1=O. The van der Waals surface area contributed by atoms with Crippen LogP contribution in [-0.4, -0.2) is 92.4 Å². The Labute approximate surface area is 194 Å². The van der Waals surface area contributed by atoms with Crippen molar-refractivity contribution in [1.29, 1.82) is 0 Å². The molecule has 0 saturated heterocycles. The molecule has 1 rings (SSSR count). The maximum absolute atomic E-state index is 12.8. The first-order valence-corrected chi connectivity index (χ1v) is 12.0. The molecule has 0 atom stereocenters. The number of unbranched alkanes of at least 4 members (excludes halogenated alkanes) is 1. The first-order valence-electron chi connectivity index (χ1n) is 10.3. The summed E-state index contributed by atoms with van der Waals surface area (Å²) in [4.78, 5) is 44.0. The molecule has 1 heterocycles. The van der Waals surface area contributed by atoms with Crippen LogP contribution >= 0.6 is 7.60 Å². The molecule has 0 unspecified atom stereocenters.